The van der Waals surface area contributed by atoms with Gasteiger partial charge >= 0.3 is 0 Å². The maximum absolute atomic E-state index is 5.86. The molecule has 0 heterocycles. The second-order valence-electron chi connectivity index (χ2n) is 5.61. The summed E-state index contributed by atoms with van der Waals surface area (Å²) in [7, 11) is 1.68. The van der Waals surface area contributed by atoms with Crippen LogP contribution in [0, 0.1) is 5.92 Å². The number of halogens is 1. The van der Waals surface area contributed by atoms with Crippen molar-refractivity contribution in [1.82, 2.24) is 5.32 Å². The Morgan fingerprint density at radius 3 is 2.61 bits per heavy atom. The highest BCUT2D eigenvalue weighted by Crippen LogP contribution is 2.11. The largest absolute Gasteiger partial charge is 0.497 e. The number of guanidine groups is 1. The lowest BCUT2D eigenvalue weighted by molar-refractivity contribution is 0.414. The quantitative estimate of drug-likeness (QED) is 0.247. The first-order valence-corrected chi connectivity index (χ1v) is 9.01. The second-order valence-corrected chi connectivity index (χ2v) is 6.76. The molecule has 3 N–H and O–H groups in total. The normalized spacial score (nSPS) is 11.2. The number of nitrogens with one attached hydrogen (secondary N) is 1. The summed E-state index contributed by atoms with van der Waals surface area (Å²) in [6, 6.07) is 8.09. The van der Waals surface area contributed by atoms with Crippen LogP contribution in [-0.2, 0) is 6.42 Å². The zero-order chi connectivity index (χ0) is 16.2. The third kappa shape index (κ3) is 11.5. The van der Waals surface area contributed by atoms with Gasteiger partial charge in [-0.2, -0.15) is 11.8 Å². The van der Waals surface area contributed by atoms with Crippen LogP contribution >= 0.6 is 35.7 Å². The van der Waals surface area contributed by atoms with Gasteiger partial charge in [0, 0.05) is 13.1 Å². The van der Waals surface area contributed by atoms with Gasteiger partial charge in [-0.1, -0.05) is 26.0 Å². The molecule has 1 aromatic rings. The molecule has 23 heavy (non-hydrogen) atoms. The molecule has 0 aliphatic heterocycles. The van der Waals surface area contributed by atoms with Gasteiger partial charge in [0.15, 0.2) is 5.96 Å². The van der Waals surface area contributed by atoms with Crippen LogP contribution in [0.4, 0.5) is 0 Å². The number of ether oxygens (including phenoxy) is 1. The minimum absolute atomic E-state index is 0. The Balaban J connectivity index is 0.00000484. The molecule has 0 aromatic heterocycles. The highest BCUT2D eigenvalue weighted by molar-refractivity contribution is 14.0. The van der Waals surface area contributed by atoms with Crippen molar-refractivity contribution < 1.29 is 4.74 Å². The zero-order valence-electron chi connectivity index (χ0n) is 14.4. The van der Waals surface area contributed by atoms with Crippen molar-refractivity contribution >= 4 is 41.7 Å². The van der Waals surface area contributed by atoms with Crippen LogP contribution in [0.1, 0.15) is 25.8 Å². The molecular formula is C17H30IN3OS. The van der Waals surface area contributed by atoms with Crippen LogP contribution in [0.15, 0.2) is 29.3 Å². The molecule has 0 aliphatic rings. The molecule has 0 bridgehead atoms. The summed E-state index contributed by atoms with van der Waals surface area (Å²) in [6.07, 6.45) is 2.00. The summed E-state index contributed by atoms with van der Waals surface area (Å²) in [5.74, 6) is 4.56. The lowest BCUT2D eigenvalue weighted by atomic mass is 10.1. The van der Waals surface area contributed by atoms with Crippen molar-refractivity contribution in [3.8, 4) is 5.75 Å². The molecule has 0 saturated carbocycles. The number of nitrogens with two attached hydrogens (primary N) is 1. The van der Waals surface area contributed by atoms with Crippen LogP contribution in [0.5, 0.6) is 5.75 Å². The standard InChI is InChI=1S/C17H29N3OS.HI/c1-14(2)13-22-12-4-10-19-17(18)20-11-9-15-5-7-16(21-3)8-6-15;/h5-8,14H,4,9-13H2,1-3H3,(H3,18,19,20);1H. The summed E-state index contributed by atoms with van der Waals surface area (Å²) in [4.78, 5) is 4.35. The van der Waals surface area contributed by atoms with E-state index < -0.39 is 0 Å². The molecule has 0 atom stereocenters. The van der Waals surface area contributed by atoms with Crippen molar-refractivity contribution in [3.63, 3.8) is 0 Å². The predicted molar refractivity (Wildman–Crippen MR) is 113 cm³/mol. The van der Waals surface area contributed by atoms with E-state index in [1.165, 1.54) is 11.3 Å². The number of methoxy groups -OCH3 is 1. The first-order valence-electron chi connectivity index (χ1n) is 7.86. The van der Waals surface area contributed by atoms with E-state index in [4.69, 9.17) is 10.5 Å². The van der Waals surface area contributed by atoms with Crippen molar-refractivity contribution in [2.75, 3.05) is 31.7 Å². The first-order chi connectivity index (χ1) is 10.6. The summed E-state index contributed by atoms with van der Waals surface area (Å²) < 4.78 is 5.14. The van der Waals surface area contributed by atoms with Gasteiger partial charge in [0.1, 0.15) is 5.75 Å². The number of rotatable bonds is 10. The third-order valence-electron chi connectivity index (χ3n) is 3.06. The van der Waals surface area contributed by atoms with E-state index in [-0.39, 0.29) is 24.0 Å². The molecule has 1 rings (SSSR count). The molecule has 4 nitrogen and oxygen atoms in total. The Bertz CT molecular complexity index is 438. The van der Waals surface area contributed by atoms with E-state index in [1.807, 2.05) is 23.9 Å². The summed E-state index contributed by atoms with van der Waals surface area (Å²) >= 11 is 1.99. The summed E-state index contributed by atoms with van der Waals surface area (Å²) in [5, 5.41) is 3.16. The van der Waals surface area contributed by atoms with Crippen molar-refractivity contribution in [1.29, 1.82) is 0 Å². The minimum atomic E-state index is 0. The van der Waals surface area contributed by atoms with Crippen LogP contribution in [0.2, 0.25) is 0 Å². The highest BCUT2D eigenvalue weighted by atomic mass is 127. The second kappa shape index (κ2) is 13.8. The predicted octanol–water partition coefficient (Wildman–Crippen LogP) is 3.54. The number of aliphatic imine (C=N–C) groups is 1. The Morgan fingerprint density at radius 2 is 2.00 bits per heavy atom. The number of hydrogen-bond donors (Lipinski definition) is 2. The van der Waals surface area contributed by atoms with Crippen molar-refractivity contribution in [2.45, 2.75) is 26.7 Å². The molecule has 0 fully saturated rings. The average molecular weight is 451 g/mol. The van der Waals surface area contributed by atoms with Crippen LogP contribution < -0.4 is 15.8 Å². The number of nitrogens with zero attached hydrogens (tertiary/aromatic N) is 1. The number of hydrogen-bond acceptors (Lipinski definition) is 3. The fourth-order valence-corrected chi connectivity index (χ4v) is 2.84. The van der Waals surface area contributed by atoms with Gasteiger partial charge in [-0.15, -0.1) is 24.0 Å². The van der Waals surface area contributed by atoms with Gasteiger partial charge in [0.2, 0.25) is 0 Å². The van der Waals surface area contributed by atoms with Crippen molar-refractivity contribution in [3.05, 3.63) is 29.8 Å². The fraction of sp³-hybridized carbons (Fsp3) is 0.588. The van der Waals surface area contributed by atoms with Crippen LogP contribution in [-0.4, -0.2) is 37.7 Å². The Kier molecular flexibility index (Phi) is 13.4. The summed E-state index contributed by atoms with van der Waals surface area (Å²) in [5.41, 5.74) is 7.11. The van der Waals surface area contributed by atoms with Gasteiger partial charge in [0.25, 0.3) is 0 Å². The van der Waals surface area contributed by atoms with Gasteiger partial charge in [-0.25, -0.2) is 0 Å². The van der Waals surface area contributed by atoms with E-state index in [2.05, 4.69) is 36.3 Å². The maximum atomic E-state index is 5.86. The van der Waals surface area contributed by atoms with E-state index in [0.717, 1.165) is 43.4 Å². The monoisotopic (exact) mass is 451 g/mol. The van der Waals surface area contributed by atoms with Crippen LogP contribution in [0.25, 0.3) is 0 Å². The molecule has 0 spiro atoms. The minimum Gasteiger partial charge on any atom is -0.497 e. The molecule has 0 aliphatic carbocycles. The SMILES string of the molecule is COc1ccc(CCNC(N)=NCCCSCC(C)C)cc1.I. The Labute approximate surface area is 162 Å². The van der Waals surface area contributed by atoms with Crippen LogP contribution in [0.3, 0.4) is 0 Å². The molecule has 0 unspecified atom stereocenters. The molecule has 0 saturated heterocycles. The maximum Gasteiger partial charge on any atom is 0.188 e. The van der Waals surface area contributed by atoms with E-state index >= 15 is 0 Å². The third-order valence-corrected chi connectivity index (χ3v) is 4.54. The van der Waals surface area contributed by atoms with Gasteiger partial charge in [-0.05, 0) is 48.0 Å². The number of thioether (sulfide) groups is 1. The van der Waals surface area contributed by atoms with E-state index in [0.29, 0.717) is 5.96 Å². The Hall–Kier alpha value is -0.630. The van der Waals surface area contributed by atoms with Gasteiger partial charge in [-0.3, -0.25) is 4.99 Å². The lowest BCUT2D eigenvalue weighted by Crippen LogP contribution is -2.33. The molecule has 0 radical (unpaired) electrons. The topological polar surface area (TPSA) is 59.6 Å². The highest BCUT2D eigenvalue weighted by Gasteiger charge is 1.97. The molecule has 0 amide bonds. The number of benzene rings is 1. The average Bonchev–Trinajstić information content (AvgIpc) is 2.51. The molecule has 1 aromatic carbocycles. The van der Waals surface area contributed by atoms with E-state index in [9.17, 15) is 0 Å². The van der Waals surface area contributed by atoms with Gasteiger partial charge in [0.05, 0.1) is 7.11 Å². The first kappa shape index (κ1) is 22.4. The zero-order valence-corrected chi connectivity index (χ0v) is 17.5. The summed E-state index contributed by atoms with van der Waals surface area (Å²) in [6.45, 7) is 6.09. The van der Waals surface area contributed by atoms with E-state index in [1.54, 1.807) is 7.11 Å². The van der Waals surface area contributed by atoms with Gasteiger partial charge < -0.3 is 15.8 Å². The Morgan fingerprint density at radius 1 is 1.30 bits per heavy atom. The molecule has 132 valence electrons. The van der Waals surface area contributed by atoms with Crippen molar-refractivity contribution in [2.24, 2.45) is 16.6 Å². The molecular weight excluding hydrogens is 421 g/mol. The fourth-order valence-electron chi connectivity index (χ4n) is 1.87. The lowest BCUT2D eigenvalue weighted by Gasteiger charge is -2.07. The smallest absolute Gasteiger partial charge is 0.188 e. The molecule has 6 heteroatoms.